The van der Waals surface area contributed by atoms with E-state index in [0.29, 0.717) is 18.8 Å². The number of nitrogens with zero attached hydrogens (tertiary/aromatic N) is 2. The van der Waals surface area contributed by atoms with Crippen molar-refractivity contribution in [1.82, 2.24) is 9.29 Å². The minimum Gasteiger partial charge on any atom is -0.380 e. The maximum absolute atomic E-state index is 12.6. The van der Waals surface area contributed by atoms with E-state index >= 15 is 0 Å². The van der Waals surface area contributed by atoms with Gasteiger partial charge in [0.15, 0.2) is 0 Å². The third-order valence-electron chi connectivity index (χ3n) is 3.33. The molecular formula is C12H19N3O3S. The van der Waals surface area contributed by atoms with Gasteiger partial charge in [0.25, 0.3) is 0 Å². The van der Waals surface area contributed by atoms with Crippen LogP contribution in [0.15, 0.2) is 23.2 Å². The van der Waals surface area contributed by atoms with Crippen molar-refractivity contribution in [2.75, 3.05) is 20.2 Å². The van der Waals surface area contributed by atoms with Crippen molar-refractivity contribution in [3.05, 3.63) is 24.0 Å². The first-order valence-corrected chi connectivity index (χ1v) is 7.70. The first-order valence-electron chi connectivity index (χ1n) is 6.26. The second-order valence-corrected chi connectivity index (χ2v) is 6.42. The molecule has 1 aliphatic heterocycles. The summed E-state index contributed by atoms with van der Waals surface area (Å²) in [7, 11) is -1.93. The van der Waals surface area contributed by atoms with Crippen LogP contribution in [-0.2, 0) is 21.3 Å². The maximum atomic E-state index is 12.6. The molecule has 1 unspecified atom stereocenters. The van der Waals surface area contributed by atoms with Crippen molar-refractivity contribution in [1.29, 1.82) is 0 Å². The van der Waals surface area contributed by atoms with Crippen molar-refractivity contribution in [2.45, 2.75) is 30.4 Å². The normalized spacial score (nSPS) is 21.5. The Labute approximate surface area is 113 Å². The monoisotopic (exact) mass is 285 g/mol. The van der Waals surface area contributed by atoms with Crippen LogP contribution in [0, 0.1) is 0 Å². The third-order valence-corrected chi connectivity index (χ3v) is 5.27. The van der Waals surface area contributed by atoms with Crippen LogP contribution in [-0.4, -0.2) is 44.0 Å². The summed E-state index contributed by atoms with van der Waals surface area (Å²) in [5, 5.41) is 0. The standard InChI is InChI=1S/C12H19N3O3S/c1-18-10-4-3-7-15(9-10)19(16,17)12-5-2-6-14-11(12)8-13/h2,5-6,10H,3-4,7-9,13H2,1H3. The highest BCUT2D eigenvalue weighted by Gasteiger charge is 2.31. The van der Waals surface area contributed by atoms with Crippen LogP contribution in [0.3, 0.4) is 0 Å². The molecule has 0 aromatic carbocycles. The Morgan fingerprint density at radius 2 is 2.37 bits per heavy atom. The largest absolute Gasteiger partial charge is 0.380 e. The van der Waals surface area contributed by atoms with Crippen molar-refractivity contribution in [3.8, 4) is 0 Å². The van der Waals surface area contributed by atoms with E-state index in [4.69, 9.17) is 10.5 Å². The van der Waals surface area contributed by atoms with Crippen molar-refractivity contribution in [3.63, 3.8) is 0 Å². The number of hydrogen-bond acceptors (Lipinski definition) is 5. The number of hydrogen-bond donors (Lipinski definition) is 1. The molecule has 0 saturated carbocycles. The molecule has 19 heavy (non-hydrogen) atoms. The molecule has 106 valence electrons. The number of ether oxygens (including phenoxy) is 1. The average molecular weight is 285 g/mol. The second kappa shape index (κ2) is 5.96. The maximum Gasteiger partial charge on any atom is 0.245 e. The Bertz CT molecular complexity index is 533. The Morgan fingerprint density at radius 3 is 3.05 bits per heavy atom. The summed E-state index contributed by atoms with van der Waals surface area (Å²) >= 11 is 0. The summed E-state index contributed by atoms with van der Waals surface area (Å²) in [5.74, 6) is 0. The summed E-state index contributed by atoms with van der Waals surface area (Å²) in [6.07, 6.45) is 3.20. The lowest BCUT2D eigenvalue weighted by Gasteiger charge is -2.31. The fourth-order valence-corrected chi connectivity index (χ4v) is 3.96. The van der Waals surface area contributed by atoms with Gasteiger partial charge in [0.05, 0.1) is 11.8 Å². The van der Waals surface area contributed by atoms with Crippen LogP contribution in [0.1, 0.15) is 18.5 Å². The molecule has 2 N–H and O–H groups in total. The van der Waals surface area contributed by atoms with Gasteiger partial charge in [-0.2, -0.15) is 4.31 Å². The molecule has 2 heterocycles. The summed E-state index contributed by atoms with van der Waals surface area (Å²) in [5.41, 5.74) is 5.96. The Balaban J connectivity index is 2.31. The molecule has 0 bridgehead atoms. The van der Waals surface area contributed by atoms with Crippen molar-refractivity contribution >= 4 is 10.0 Å². The Hall–Kier alpha value is -1.02. The zero-order chi connectivity index (χ0) is 13.9. The first-order chi connectivity index (χ1) is 9.09. The van der Waals surface area contributed by atoms with Gasteiger partial charge in [-0.25, -0.2) is 8.42 Å². The fraction of sp³-hybridized carbons (Fsp3) is 0.583. The Kier molecular flexibility index (Phi) is 4.51. The van der Waals surface area contributed by atoms with Crippen LogP contribution in [0.2, 0.25) is 0 Å². The van der Waals surface area contributed by atoms with E-state index in [-0.39, 0.29) is 17.5 Å². The predicted molar refractivity (Wildman–Crippen MR) is 70.9 cm³/mol. The van der Waals surface area contributed by atoms with Gasteiger partial charge in [0, 0.05) is 32.9 Å². The molecule has 2 rings (SSSR count). The molecule has 0 spiro atoms. The summed E-state index contributed by atoms with van der Waals surface area (Å²) in [6, 6.07) is 3.17. The van der Waals surface area contributed by atoms with Crippen LogP contribution in [0.5, 0.6) is 0 Å². The molecule has 7 heteroatoms. The molecular weight excluding hydrogens is 266 g/mol. The van der Waals surface area contributed by atoms with E-state index < -0.39 is 10.0 Å². The average Bonchev–Trinajstić information content (AvgIpc) is 2.47. The van der Waals surface area contributed by atoms with Crippen LogP contribution < -0.4 is 5.73 Å². The van der Waals surface area contributed by atoms with Crippen molar-refractivity contribution in [2.24, 2.45) is 5.73 Å². The van der Waals surface area contributed by atoms with Gasteiger partial charge in [0.1, 0.15) is 4.90 Å². The zero-order valence-electron chi connectivity index (χ0n) is 10.9. The molecule has 0 radical (unpaired) electrons. The van der Waals surface area contributed by atoms with Gasteiger partial charge in [-0.3, -0.25) is 4.98 Å². The molecule has 1 saturated heterocycles. The zero-order valence-corrected chi connectivity index (χ0v) is 11.8. The van der Waals surface area contributed by atoms with E-state index in [2.05, 4.69) is 4.98 Å². The van der Waals surface area contributed by atoms with Crippen LogP contribution in [0.4, 0.5) is 0 Å². The number of aromatic nitrogens is 1. The van der Waals surface area contributed by atoms with E-state index in [9.17, 15) is 8.42 Å². The number of sulfonamides is 1. The molecule has 6 nitrogen and oxygen atoms in total. The predicted octanol–water partition coefficient (Wildman–Crippen LogP) is 0.340. The number of rotatable bonds is 4. The first kappa shape index (κ1) is 14.4. The highest BCUT2D eigenvalue weighted by atomic mass is 32.2. The minimum absolute atomic E-state index is 0.0403. The van der Waals surface area contributed by atoms with E-state index in [1.165, 1.54) is 4.31 Å². The summed E-state index contributed by atoms with van der Waals surface area (Å²) in [4.78, 5) is 4.24. The highest BCUT2D eigenvalue weighted by molar-refractivity contribution is 7.89. The topological polar surface area (TPSA) is 85.5 Å². The minimum atomic E-state index is -3.54. The lowest BCUT2D eigenvalue weighted by atomic mass is 10.1. The number of piperidine rings is 1. The summed E-state index contributed by atoms with van der Waals surface area (Å²) < 4.78 is 31.9. The third kappa shape index (κ3) is 2.94. The lowest BCUT2D eigenvalue weighted by molar-refractivity contribution is 0.0571. The van der Waals surface area contributed by atoms with Gasteiger partial charge < -0.3 is 10.5 Å². The van der Waals surface area contributed by atoms with Crippen molar-refractivity contribution < 1.29 is 13.2 Å². The number of methoxy groups -OCH3 is 1. The molecule has 1 aliphatic rings. The van der Waals surface area contributed by atoms with Gasteiger partial charge in [-0.15, -0.1) is 0 Å². The van der Waals surface area contributed by atoms with Gasteiger partial charge in [-0.05, 0) is 25.0 Å². The lowest BCUT2D eigenvalue weighted by Crippen LogP contribution is -2.43. The Morgan fingerprint density at radius 1 is 1.58 bits per heavy atom. The van der Waals surface area contributed by atoms with Crippen LogP contribution in [0.25, 0.3) is 0 Å². The second-order valence-electron chi connectivity index (χ2n) is 4.52. The quantitative estimate of drug-likeness (QED) is 0.862. The van der Waals surface area contributed by atoms with E-state index in [1.54, 1.807) is 25.4 Å². The molecule has 1 aromatic heterocycles. The molecule has 0 amide bonds. The number of nitrogens with two attached hydrogens (primary N) is 1. The van der Waals surface area contributed by atoms with Gasteiger partial charge >= 0.3 is 0 Å². The summed E-state index contributed by atoms with van der Waals surface area (Å²) in [6.45, 7) is 1.01. The molecule has 0 aliphatic carbocycles. The van der Waals surface area contributed by atoms with E-state index in [1.807, 2.05) is 0 Å². The number of pyridine rings is 1. The highest BCUT2D eigenvalue weighted by Crippen LogP contribution is 2.23. The van der Waals surface area contributed by atoms with Gasteiger partial charge in [-0.1, -0.05) is 0 Å². The molecule has 1 aromatic rings. The fourth-order valence-electron chi connectivity index (χ4n) is 2.27. The van der Waals surface area contributed by atoms with E-state index in [0.717, 1.165) is 12.8 Å². The smallest absolute Gasteiger partial charge is 0.245 e. The van der Waals surface area contributed by atoms with Crippen LogP contribution >= 0.6 is 0 Å². The molecule has 1 fully saturated rings. The van der Waals surface area contributed by atoms with Gasteiger partial charge in [0.2, 0.25) is 10.0 Å². The molecule has 1 atom stereocenters. The SMILES string of the molecule is COC1CCCN(S(=O)(=O)c2cccnc2CN)C1.